The maximum Gasteiger partial charge on any atom is 0.159 e. The third-order valence-electron chi connectivity index (χ3n) is 3.69. The van der Waals surface area contributed by atoms with E-state index in [1.165, 1.54) is 17.7 Å². The van der Waals surface area contributed by atoms with Crippen molar-refractivity contribution in [3.63, 3.8) is 0 Å². The summed E-state index contributed by atoms with van der Waals surface area (Å²) >= 11 is 0. The number of fused-ring (bicyclic) bond motifs is 1. The molecular weight excluding hydrogens is 253 g/mol. The first kappa shape index (κ1) is 13.2. The summed E-state index contributed by atoms with van der Waals surface area (Å²) in [6.45, 7) is 5.70. The molecule has 0 spiro atoms. The van der Waals surface area contributed by atoms with E-state index in [1.807, 2.05) is 6.92 Å². The van der Waals surface area contributed by atoms with Crippen LogP contribution in [0.25, 0.3) is 11.4 Å². The number of rotatable bonds is 3. The van der Waals surface area contributed by atoms with Crippen molar-refractivity contribution in [3.8, 4) is 11.4 Å². The number of nitrogens with zero attached hydrogens (tertiary/aromatic N) is 2. The first-order valence-electron chi connectivity index (χ1n) is 7.05. The summed E-state index contributed by atoms with van der Waals surface area (Å²) in [5.41, 5.74) is 5.25. The van der Waals surface area contributed by atoms with Gasteiger partial charge in [-0.25, -0.2) is 14.4 Å². The van der Waals surface area contributed by atoms with E-state index in [9.17, 15) is 4.39 Å². The molecule has 0 atom stereocenters. The van der Waals surface area contributed by atoms with Crippen molar-refractivity contribution < 1.29 is 4.39 Å². The predicted molar refractivity (Wildman–Crippen MR) is 76.7 cm³/mol. The molecule has 3 nitrogen and oxygen atoms in total. The van der Waals surface area contributed by atoms with E-state index in [1.54, 1.807) is 6.07 Å². The van der Waals surface area contributed by atoms with Crippen LogP contribution in [-0.4, -0.2) is 9.97 Å². The summed E-state index contributed by atoms with van der Waals surface area (Å²) in [7, 11) is 0. The zero-order valence-electron chi connectivity index (χ0n) is 11.8. The van der Waals surface area contributed by atoms with Crippen LogP contribution < -0.4 is 5.32 Å². The highest BCUT2D eigenvalue weighted by Gasteiger charge is 2.19. The van der Waals surface area contributed by atoms with Crippen molar-refractivity contribution in [1.29, 1.82) is 0 Å². The number of nitrogens with one attached hydrogen (secondary N) is 1. The topological polar surface area (TPSA) is 37.8 Å². The van der Waals surface area contributed by atoms with Crippen LogP contribution in [0.4, 0.5) is 4.39 Å². The highest BCUT2D eigenvalue weighted by Crippen LogP contribution is 2.25. The van der Waals surface area contributed by atoms with Gasteiger partial charge in [-0.05, 0) is 37.1 Å². The molecule has 0 unspecified atom stereocenters. The number of aromatic nitrogens is 2. The van der Waals surface area contributed by atoms with Gasteiger partial charge in [0.05, 0.1) is 5.69 Å². The highest BCUT2D eigenvalue weighted by molar-refractivity contribution is 5.60. The molecule has 0 aliphatic carbocycles. The fraction of sp³-hybridized carbons (Fsp3) is 0.375. The van der Waals surface area contributed by atoms with Crippen LogP contribution >= 0.6 is 0 Å². The monoisotopic (exact) mass is 271 g/mol. The molecule has 1 aromatic carbocycles. The molecule has 1 aliphatic heterocycles. The van der Waals surface area contributed by atoms with Crippen LogP contribution in [0, 0.1) is 12.7 Å². The standard InChI is InChI=1S/C16H18FN3/c1-3-4-14-13-8-18-9-15(13)20-16(19-14)12-6-5-11(17)7-10(12)2/h5-7,18H,3-4,8-9H2,1-2H3. The Morgan fingerprint density at radius 3 is 2.85 bits per heavy atom. The minimum Gasteiger partial charge on any atom is -0.307 e. The lowest BCUT2D eigenvalue weighted by atomic mass is 10.1. The van der Waals surface area contributed by atoms with Crippen molar-refractivity contribution in [2.24, 2.45) is 0 Å². The van der Waals surface area contributed by atoms with Crippen molar-refractivity contribution >= 4 is 0 Å². The van der Waals surface area contributed by atoms with Crippen molar-refractivity contribution in [1.82, 2.24) is 15.3 Å². The predicted octanol–water partition coefficient (Wildman–Crippen LogP) is 3.15. The Kier molecular flexibility index (Phi) is 3.49. The van der Waals surface area contributed by atoms with Crippen LogP contribution in [0.5, 0.6) is 0 Å². The fourth-order valence-corrected chi connectivity index (χ4v) is 2.68. The van der Waals surface area contributed by atoms with E-state index in [4.69, 9.17) is 4.98 Å². The normalized spacial score (nSPS) is 13.6. The zero-order chi connectivity index (χ0) is 14.1. The second-order valence-corrected chi connectivity index (χ2v) is 5.23. The third-order valence-corrected chi connectivity index (χ3v) is 3.69. The summed E-state index contributed by atoms with van der Waals surface area (Å²) < 4.78 is 13.2. The van der Waals surface area contributed by atoms with Crippen LogP contribution in [0.15, 0.2) is 18.2 Å². The number of hydrogen-bond donors (Lipinski definition) is 1. The largest absolute Gasteiger partial charge is 0.307 e. The second kappa shape index (κ2) is 5.29. The van der Waals surface area contributed by atoms with Gasteiger partial charge in [0.25, 0.3) is 0 Å². The van der Waals surface area contributed by atoms with Gasteiger partial charge in [-0.3, -0.25) is 0 Å². The lowest BCUT2D eigenvalue weighted by Gasteiger charge is -2.10. The van der Waals surface area contributed by atoms with Gasteiger partial charge in [0.2, 0.25) is 0 Å². The highest BCUT2D eigenvalue weighted by atomic mass is 19.1. The van der Waals surface area contributed by atoms with Gasteiger partial charge in [0, 0.05) is 29.9 Å². The molecular formula is C16H18FN3. The smallest absolute Gasteiger partial charge is 0.159 e. The van der Waals surface area contributed by atoms with E-state index >= 15 is 0 Å². The Balaban J connectivity index is 2.12. The Morgan fingerprint density at radius 2 is 2.10 bits per heavy atom. The lowest BCUT2D eigenvalue weighted by Crippen LogP contribution is -2.04. The molecule has 1 N–H and O–H groups in total. The average molecular weight is 271 g/mol. The van der Waals surface area contributed by atoms with Crippen LogP contribution in [0.1, 0.15) is 35.9 Å². The molecule has 0 bridgehead atoms. The van der Waals surface area contributed by atoms with Crippen molar-refractivity contribution in [2.75, 3.05) is 0 Å². The van der Waals surface area contributed by atoms with Crippen molar-refractivity contribution in [2.45, 2.75) is 39.8 Å². The van der Waals surface area contributed by atoms with E-state index in [-0.39, 0.29) is 5.82 Å². The molecule has 0 saturated heterocycles. The number of hydrogen-bond acceptors (Lipinski definition) is 3. The number of benzene rings is 1. The molecule has 1 aliphatic rings. The average Bonchev–Trinajstić information content (AvgIpc) is 2.87. The minimum absolute atomic E-state index is 0.220. The summed E-state index contributed by atoms with van der Waals surface area (Å²) in [6.07, 6.45) is 2.02. The van der Waals surface area contributed by atoms with Gasteiger partial charge in [-0.2, -0.15) is 0 Å². The van der Waals surface area contributed by atoms with Gasteiger partial charge >= 0.3 is 0 Å². The SMILES string of the molecule is CCCc1nc(-c2ccc(F)cc2C)nc2c1CNC2. The molecule has 0 saturated carbocycles. The maximum atomic E-state index is 13.2. The summed E-state index contributed by atoms with van der Waals surface area (Å²) in [4.78, 5) is 9.38. The Bertz CT molecular complexity index is 652. The minimum atomic E-state index is -0.220. The summed E-state index contributed by atoms with van der Waals surface area (Å²) in [5.74, 6) is 0.497. The summed E-state index contributed by atoms with van der Waals surface area (Å²) in [6, 6.07) is 4.77. The third kappa shape index (κ3) is 2.31. The molecule has 4 heteroatoms. The van der Waals surface area contributed by atoms with E-state index in [0.717, 1.165) is 48.4 Å². The Morgan fingerprint density at radius 1 is 1.25 bits per heavy atom. The summed E-state index contributed by atoms with van der Waals surface area (Å²) in [5, 5.41) is 3.33. The second-order valence-electron chi connectivity index (χ2n) is 5.23. The van der Waals surface area contributed by atoms with Gasteiger partial charge in [-0.15, -0.1) is 0 Å². The molecule has 0 amide bonds. The number of halogens is 1. The first-order chi connectivity index (χ1) is 9.69. The molecule has 20 heavy (non-hydrogen) atoms. The fourth-order valence-electron chi connectivity index (χ4n) is 2.68. The van der Waals surface area contributed by atoms with Gasteiger partial charge in [-0.1, -0.05) is 13.3 Å². The Hall–Kier alpha value is -1.81. The van der Waals surface area contributed by atoms with Gasteiger partial charge in [0.1, 0.15) is 5.82 Å². The number of aryl methyl sites for hydroxylation is 2. The van der Waals surface area contributed by atoms with Gasteiger partial charge < -0.3 is 5.32 Å². The van der Waals surface area contributed by atoms with Crippen molar-refractivity contribution in [3.05, 3.63) is 46.5 Å². The molecule has 1 aromatic heterocycles. The van der Waals surface area contributed by atoms with Gasteiger partial charge in [0.15, 0.2) is 5.82 Å². The van der Waals surface area contributed by atoms with Crippen LogP contribution in [-0.2, 0) is 19.5 Å². The molecule has 3 rings (SSSR count). The van der Waals surface area contributed by atoms with E-state index in [2.05, 4.69) is 17.2 Å². The van der Waals surface area contributed by atoms with Crippen LogP contribution in [0.2, 0.25) is 0 Å². The quantitative estimate of drug-likeness (QED) is 0.932. The first-order valence-corrected chi connectivity index (χ1v) is 7.05. The molecule has 104 valence electrons. The molecule has 2 aromatic rings. The zero-order valence-corrected chi connectivity index (χ0v) is 11.8. The molecule has 0 radical (unpaired) electrons. The molecule has 2 heterocycles. The Labute approximate surface area is 118 Å². The molecule has 0 fully saturated rings. The maximum absolute atomic E-state index is 13.2. The van der Waals surface area contributed by atoms with E-state index < -0.39 is 0 Å². The van der Waals surface area contributed by atoms with E-state index in [0.29, 0.717) is 5.82 Å². The van der Waals surface area contributed by atoms with Crippen LogP contribution in [0.3, 0.4) is 0 Å². The lowest BCUT2D eigenvalue weighted by molar-refractivity contribution is 0.627.